The third-order valence-electron chi connectivity index (χ3n) is 3.23. The highest BCUT2D eigenvalue weighted by Crippen LogP contribution is 2.03. The molecule has 0 spiro atoms. The van der Waals surface area contributed by atoms with E-state index in [0.29, 0.717) is 13.1 Å². The van der Waals surface area contributed by atoms with E-state index in [-0.39, 0.29) is 5.75 Å². The van der Waals surface area contributed by atoms with Crippen LogP contribution in [-0.4, -0.2) is 69.7 Å². The van der Waals surface area contributed by atoms with Crippen molar-refractivity contribution in [1.29, 1.82) is 0 Å². The summed E-state index contributed by atoms with van der Waals surface area (Å²) in [7, 11) is -1.44. The Balaban J connectivity index is 2.30. The summed E-state index contributed by atoms with van der Waals surface area (Å²) >= 11 is 0. The second-order valence-corrected chi connectivity index (χ2v) is 6.86. The average Bonchev–Trinajstić information content (AvgIpc) is 2.38. The lowest BCUT2D eigenvalue weighted by atomic mass is 10.3. The third-order valence-corrected chi connectivity index (χ3v) is 5.06. The molecular weight excluding hydrogens is 250 g/mol. The fourth-order valence-electron chi connectivity index (χ4n) is 1.93. The monoisotopic (exact) mass is 275 g/mol. The van der Waals surface area contributed by atoms with E-state index in [1.807, 2.05) is 6.08 Å². The molecule has 0 aromatic carbocycles. The molecule has 106 valence electrons. The van der Waals surface area contributed by atoms with Crippen molar-refractivity contribution < 1.29 is 8.42 Å². The maximum absolute atomic E-state index is 12.0. The first-order valence-electron chi connectivity index (χ1n) is 6.54. The molecular formula is C12H25N3O2S. The molecule has 18 heavy (non-hydrogen) atoms. The van der Waals surface area contributed by atoms with E-state index in [1.54, 1.807) is 7.05 Å². The smallest absolute Gasteiger partial charge is 0.215 e. The van der Waals surface area contributed by atoms with Crippen LogP contribution >= 0.6 is 0 Å². The molecule has 1 fully saturated rings. The zero-order valence-corrected chi connectivity index (χ0v) is 12.1. The van der Waals surface area contributed by atoms with E-state index < -0.39 is 10.0 Å². The van der Waals surface area contributed by atoms with Crippen LogP contribution in [0.2, 0.25) is 0 Å². The lowest BCUT2D eigenvalue weighted by Crippen LogP contribution is -2.46. The Labute approximate surface area is 111 Å². The van der Waals surface area contributed by atoms with Gasteiger partial charge in [0.25, 0.3) is 0 Å². The van der Waals surface area contributed by atoms with Crippen molar-refractivity contribution in [2.75, 3.05) is 52.1 Å². The Hall–Kier alpha value is -0.430. The topological polar surface area (TPSA) is 52.7 Å². The second-order valence-electron chi connectivity index (χ2n) is 4.66. The molecule has 1 aliphatic heterocycles. The zero-order valence-electron chi connectivity index (χ0n) is 11.3. The summed E-state index contributed by atoms with van der Waals surface area (Å²) in [6, 6.07) is 0. The van der Waals surface area contributed by atoms with E-state index in [9.17, 15) is 8.42 Å². The standard InChI is InChI=1S/C12H25N3O2S/c1-3-4-5-8-14(2)18(16,17)12-11-15-9-6-13-7-10-15/h3,13H,1,4-12H2,2H3. The molecule has 1 heterocycles. The van der Waals surface area contributed by atoms with Gasteiger partial charge >= 0.3 is 0 Å². The number of allylic oxidation sites excluding steroid dienone is 1. The van der Waals surface area contributed by atoms with Crippen molar-refractivity contribution in [3.05, 3.63) is 12.7 Å². The van der Waals surface area contributed by atoms with Gasteiger partial charge in [0.2, 0.25) is 10.0 Å². The van der Waals surface area contributed by atoms with Gasteiger partial charge in [-0.3, -0.25) is 4.90 Å². The van der Waals surface area contributed by atoms with Crippen molar-refractivity contribution in [3.63, 3.8) is 0 Å². The normalized spacial score (nSPS) is 18.1. The molecule has 0 radical (unpaired) electrons. The van der Waals surface area contributed by atoms with Crippen molar-refractivity contribution >= 4 is 10.0 Å². The predicted octanol–water partition coefficient (Wildman–Crippen LogP) is 0.119. The summed E-state index contributed by atoms with van der Waals surface area (Å²) in [6.07, 6.45) is 3.52. The van der Waals surface area contributed by atoms with Crippen LogP contribution in [0.5, 0.6) is 0 Å². The van der Waals surface area contributed by atoms with Crippen molar-refractivity contribution in [2.24, 2.45) is 0 Å². The molecule has 0 unspecified atom stereocenters. The van der Waals surface area contributed by atoms with Crippen molar-refractivity contribution in [3.8, 4) is 0 Å². The van der Waals surface area contributed by atoms with E-state index in [0.717, 1.165) is 39.0 Å². The molecule has 0 saturated carbocycles. The molecule has 5 nitrogen and oxygen atoms in total. The number of hydrogen-bond acceptors (Lipinski definition) is 4. The lowest BCUT2D eigenvalue weighted by Gasteiger charge is -2.27. The van der Waals surface area contributed by atoms with Gasteiger partial charge in [0.05, 0.1) is 5.75 Å². The molecule has 0 aromatic heterocycles. The van der Waals surface area contributed by atoms with Crippen molar-refractivity contribution in [2.45, 2.75) is 12.8 Å². The predicted molar refractivity (Wildman–Crippen MR) is 75.2 cm³/mol. The molecule has 1 N–H and O–H groups in total. The van der Waals surface area contributed by atoms with Gasteiger partial charge in [-0.2, -0.15) is 0 Å². The first-order valence-corrected chi connectivity index (χ1v) is 8.15. The van der Waals surface area contributed by atoms with E-state index in [1.165, 1.54) is 4.31 Å². The zero-order chi connectivity index (χ0) is 13.4. The highest BCUT2D eigenvalue weighted by molar-refractivity contribution is 7.89. The Bertz CT molecular complexity index is 337. The SMILES string of the molecule is C=CCCCN(C)S(=O)(=O)CCN1CCNCC1. The van der Waals surface area contributed by atoms with Crippen LogP contribution in [0.4, 0.5) is 0 Å². The minimum atomic E-state index is -3.10. The van der Waals surface area contributed by atoms with Crippen LogP contribution in [0.15, 0.2) is 12.7 Å². The van der Waals surface area contributed by atoms with Crippen LogP contribution in [0.1, 0.15) is 12.8 Å². The quantitative estimate of drug-likeness (QED) is 0.505. The van der Waals surface area contributed by atoms with Gasteiger partial charge in [0, 0.05) is 46.3 Å². The van der Waals surface area contributed by atoms with Gasteiger partial charge in [0.1, 0.15) is 0 Å². The number of rotatable bonds is 8. The van der Waals surface area contributed by atoms with Gasteiger partial charge in [-0.1, -0.05) is 6.08 Å². The van der Waals surface area contributed by atoms with Gasteiger partial charge in [0.15, 0.2) is 0 Å². The number of nitrogens with zero attached hydrogens (tertiary/aromatic N) is 2. The molecule has 0 bridgehead atoms. The van der Waals surface area contributed by atoms with E-state index >= 15 is 0 Å². The Morgan fingerprint density at radius 2 is 2.06 bits per heavy atom. The second kappa shape index (κ2) is 7.89. The number of hydrogen-bond donors (Lipinski definition) is 1. The number of nitrogens with one attached hydrogen (secondary N) is 1. The highest BCUT2D eigenvalue weighted by atomic mass is 32.2. The summed E-state index contributed by atoms with van der Waals surface area (Å²) in [6.45, 7) is 8.64. The maximum Gasteiger partial charge on any atom is 0.215 e. The molecule has 0 amide bonds. The molecule has 6 heteroatoms. The molecule has 1 aliphatic rings. The van der Waals surface area contributed by atoms with E-state index in [4.69, 9.17) is 0 Å². The molecule has 1 rings (SSSR count). The minimum Gasteiger partial charge on any atom is -0.314 e. The number of piperazine rings is 1. The maximum atomic E-state index is 12.0. The Morgan fingerprint density at radius 1 is 1.39 bits per heavy atom. The van der Waals surface area contributed by atoms with Crippen LogP contribution in [0.25, 0.3) is 0 Å². The van der Waals surface area contributed by atoms with Crippen LogP contribution < -0.4 is 5.32 Å². The summed E-state index contributed by atoms with van der Waals surface area (Å²) in [5.74, 6) is 0.220. The first-order chi connectivity index (χ1) is 8.56. The summed E-state index contributed by atoms with van der Waals surface area (Å²) in [4.78, 5) is 2.20. The summed E-state index contributed by atoms with van der Waals surface area (Å²) in [5.41, 5.74) is 0. The third kappa shape index (κ3) is 5.48. The number of sulfonamides is 1. The first kappa shape index (κ1) is 15.6. The van der Waals surface area contributed by atoms with Crippen LogP contribution in [0.3, 0.4) is 0 Å². The van der Waals surface area contributed by atoms with Gasteiger partial charge in [-0.25, -0.2) is 12.7 Å². The largest absolute Gasteiger partial charge is 0.314 e. The fourth-order valence-corrected chi connectivity index (χ4v) is 3.14. The van der Waals surface area contributed by atoms with Crippen LogP contribution in [0, 0.1) is 0 Å². The average molecular weight is 275 g/mol. The Kier molecular flexibility index (Phi) is 6.85. The van der Waals surface area contributed by atoms with Gasteiger partial charge in [-0.05, 0) is 12.8 Å². The van der Waals surface area contributed by atoms with Gasteiger partial charge in [-0.15, -0.1) is 6.58 Å². The van der Waals surface area contributed by atoms with E-state index in [2.05, 4.69) is 16.8 Å². The minimum absolute atomic E-state index is 0.220. The molecule has 1 saturated heterocycles. The molecule has 0 atom stereocenters. The number of unbranched alkanes of at least 4 members (excludes halogenated alkanes) is 1. The summed E-state index contributed by atoms with van der Waals surface area (Å²) < 4.78 is 25.5. The fraction of sp³-hybridized carbons (Fsp3) is 0.833. The summed E-state index contributed by atoms with van der Waals surface area (Å²) in [5, 5.41) is 3.26. The molecule has 0 aliphatic carbocycles. The molecule has 0 aromatic rings. The highest BCUT2D eigenvalue weighted by Gasteiger charge is 2.19. The van der Waals surface area contributed by atoms with Crippen LogP contribution in [-0.2, 0) is 10.0 Å². The Morgan fingerprint density at radius 3 is 2.67 bits per heavy atom. The lowest BCUT2D eigenvalue weighted by molar-refractivity contribution is 0.252. The van der Waals surface area contributed by atoms with Crippen molar-refractivity contribution in [1.82, 2.24) is 14.5 Å². The van der Waals surface area contributed by atoms with Gasteiger partial charge < -0.3 is 5.32 Å².